The maximum atomic E-state index is 14.0. The number of carbonyl (C=O) groups excluding carboxylic acids is 1. The molecule has 1 aromatic heterocycles. The number of fused-ring (bicyclic) bond motifs is 2. The van der Waals surface area contributed by atoms with Gasteiger partial charge in [0.2, 0.25) is 0 Å². The van der Waals surface area contributed by atoms with Gasteiger partial charge in [-0.15, -0.1) is 11.3 Å². The minimum atomic E-state index is -1.35. The number of hydrogen-bond donors (Lipinski definition) is 1. The molecule has 0 saturated carbocycles. The number of carboxylic acids is 1. The summed E-state index contributed by atoms with van der Waals surface area (Å²) in [6.07, 6.45) is -1.79. The van der Waals surface area contributed by atoms with Crippen LogP contribution in [-0.2, 0) is 16.1 Å². The van der Waals surface area contributed by atoms with Crippen molar-refractivity contribution in [1.82, 2.24) is 4.98 Å². The Hall–Kier alpha value is -3.14. The van der Waals surface area contributed by atoms with Crippen LogP contribution in [0.5, 0.6) is 5.75 Å². The van der Waals surface area contributed by atoms with Gasteiger partial charge in [-0.25, -0.2) is 18.2 Å². The number of ether oxygens (including phenoxy) is 1. The number of aryl methyl sites for hydroxylation is 1. The number of rotatable bonds is 4. The monoisotopic (exact) mass is 422 g/mol. The SMILES string of the molecule is Cc1ccc2c(c1)N(Cc1nc3c(F)c(F)cc(F)c3s1)C(=O)C(CC(=O)O)O2. The molecule has 4 rings (SSSR count). The first kappa shape index (κ1) is 19.2. The first-order chi connectivity index (χ1) is 13.7. The molecule has 3 aromatic rings. The standard InChI is InChI=1S/C19H13F3N2O4S/c1-8-2-3-12-11(4-8)24(19(27)13(28-12)6-15(25)26)7-14-23-17-16(22)9(20)5-10(21)18(17)29-14/h2-5,13H,6-7H2,1H3,(H,25,26). The minimum Gasteiger partial charge on any atom is -0.481 e. The Morgan fingerprint density at radius 2 is 2.03 bits per heavy atom. The van der Waals surface area contributed by atoms with E-state index in [0.29, 0.717) is 17.5 Å². The highest BCUT2D eigenvalue weighted by molar-refractivity contribution is 7.18. The van der Waals surface area contributed by atoms with Crippen LogP contribution in [0.15, 0.2) is 24.3 Å². The van der Waals surface area contributed by atoms with E-state index >= 15 is 0 Å². The molecular weight excluding hydrogens is 409 g/mol. The second-order valence-corrected chi connectivity index (χ2v) is 7.62. The van der Waals surface area contributed by atoms with Crippen molar-refractivity contribution in [3.63, 3.8) is 0 Å². The van der Waals surface area contributed by atoms with Crippen molar-refractivity contribution >= 4 is 39.1 Å². The van der Waals surface area contributed by atoms with E-state index in [9.17, 15) is 22.8 Å². The van der Waals surface area contributed by atoms with Crippen molar-refractivity contribution in [2.24, 2.45) is 0 Å². The molecule has 2 aromatic carbocycles. The molecule has 0 saturated heterocycles. The first-order valence-electron chi connectivity index (χ1n) is 8.48. The molecule has 0 fully saturated rings. The summed E-state index contributed by atoms with van der Waals surface area (Å²) in [6.45, 7) is 1.63. The molecule has 1 atom stereocenters. The Balaban J connectivity index is 1.77. The Labute approximate surface area is 166 Å². The van der Waals surface area contributed by atoms with Crippen molar-refractivity contribution in [3.05, 3.63) is 52.3 Å². The Bertz CT molecular complexity index is 1160. The highest BCUT2D eigenvalue weighted by atomic mass is 32.1. The fourth-order valence-electron chi connectivity index (χ4n) is 3.12. The summed E-state index contributed by atoms with van der Waals surface area (Å²) in [7, 11) is 0. The van der Waals surface area contributed by atoms with E-state index in [1.54, 1.807) is 25.1 Å². The number of aromatic nitrogens is 1. The van der Waals surface area contributed by atoms with Gasteiger partial charge in [0, 0.05) is 6.07 Å². The number of carbonyl (C=O) groups is 2. The van der Waals surface area contributed by atoms with Gasteiger partial charge in [-0.2, -0.15) is 0 Å². The van der Waals surface area contributed by atoms with Crippen molar-refractivity contribution < 1.29 is 32.6 Å². The molecular formula is C19H13F3N2O4S. The lowest BCUT2D eigenvalue weighted by molar-refractivity contribution is -0.142. The van der Waals surface area contributed by atoms with Crippen LogP contribution < -0.4 is 9.64 Å². The number of nitrogens with zero attached hydrogens (tertiary/aromatic N) is 2. The van der Waals surface area contributed by atoms with E-state index in [1.807, 2.05) is 0 Å². The summed E-state index contributed by atoms with van der Waals surface area (Å²) >= 11 is 0.793. The average molecular weight is 422 g/mol. The molecule has 0 spiro atoms. The van der Waals surface area contributed by atoms with Crippen LogP contribution in [0.25, 0.3) is 10.2 Å². The van der Waals surface area contributed by atoms with Gasteiger partial charge in [-0.3, -0.25) is 14.5 Å². The van der Waals surface area contributed by atoms with Gasteiger partial charge in [-0.05, 0) is 24.6 Å². The largest absolute Gasteiger partial charge is 0.481 e. The van der Waals surface area contributed by atoms with Crippen molar-refractivity contribution in [2.75, 3.05) is 4.90 Å². The van der Waals surface area contributed by atoms with Gasteiger partial charge >= 0.3 is 5.97 Å². The third kappa shape index (κ3) is 3.39. The number of anilines is 1. The second kappa shape index (κ2) is 7.03. The van der Waals surface area contributed by atoms with E-state index in [2.05, 4.69) is 4.98 Å². The highest BCUT2D eigenvalue weighted by Gasteiger charge is 2.36. The van der Waals surface area contributed by atoms with Gasteiger partial charge < -0.3 is 9.84 Å². The zero-order chi connectivity index (χ0) is 20.9. The van der Waals surface area contributed by atoms with Crippen LogP contribution >= 0.6 is 11.3 Å². The number of amides is 1. The molecule has 10 heteroatoms. The zero-order valence-corrected chi connectivity index (χ0v) is 15.7. The first-order valence-corrected chi connectivity index (χ1v) is 9.29. The summed E-state index contributed by atoms with van der Waals surface area (Å²) in [5.41, 5.74) is 0.767. The molecule has 1 N–H and O–H groups in total. The van der Waals surface area contributed by atoms with Gasteiger partial charge in [0.25, 0.3) is 5.91 Å². The molecule has 1 amide bonds. The van der Waals surface area contributed by atoms with Crippen LogP contribution in [0.3, 0.4) is 0 Å². The summed E-state index contributed by atoms with van der Waals surface area (Å²) < 4.78 is 46.8. The molecule has 0 aliphatic carbocycles. The zero-order valence-electron chi connectivity index (χ0n) is 14.9. The molecule has 29 heavy (non-hydrogen) atoms. The van der Waals surface area contributed by atoms with Gasteiger partial charge in [-0.1, -0.05) is 6.07 Å². The lowest BCUT2D eigenvalue weighted by Gasteiger charge is -2.33. The number of benzene rings is 2. The maximum Gasteiger partial charge on any atom is 0.307 e. The molecule has 150 valence electrons. The topological polar surface area (TPSA) is 79.7 Å². The summed E-state index contributed by atoms with van der Waals surface area (Å²) in [5, 5.41) is 9.22. The molecule has 1 unspecified atom stereocenters. The lowest BCUT2D eigenvalue weighted by Crippen LogP contribution is -2.46. The van der Waals surface area contributed by atoms with Crippen LogP contribution in [0.4, 0.5) is 18.9 Å². The molecule has 0 radical (unpaired) electrons. The van der Waals surface area contributed by atoms with Gasteiger partial charge in [0.15, 0.2) is 17.7 Å². The number of thiazole rings is 1. The fraction of sp³-hybridized carbons (Fsp3) is 0.211. The average Bonchev–Trinajstić information content (AvgIpc) is 3.08. The van der Waals surface area contributed by atoms with Gasteiger partial charge in [0.05, 0.1) is 23.4 Å². The van der Waals surface area contributed by atoms with E-state index in [4.69, 9.17) is 9.84 Å². The maximum absolute atomic E-state index is 14.0. The fourth-order valence-corrected chi connectivity index (χ4v) is 4.07. The lowest BCUT2D eigenvalue weighted by atomic mass is 10.1. The summed E-state index contributed by atoms with van der Waals surface area (Å²) in [4.78, 5) is 29.2. The summed E-state index contributed by atoms with van der Waals surface area (Å²) in [6, 6.07) is 5.49. The Morgan fingerprint density at radius 3 is 2.76 bits per heavy atom. The molecule has 0 bridgehead atoms. The minimum absolute atomic E-state index is 0.161. The number of hydrogen-bond acceptors (Lipinski definition) is 5. The van der Waals surface area contributed by atoms with Crippen molar-refractivity contribution in [1.29, 1.82) is 0 Å². The van der Waals surface area contributed by atoms with E-state index in [-0.39, 0.29) is 16.3 Å². The van der Waals surface area contributed by atoms with E-state index in [1.165, 1.54) is 4.90 Å². The van der Waals surface area contributed by atoms with Crippen LogP contribution in [-0.4, -0.2) is 28.1 Å². The predicted molar refractivity (Wildman–Crippen MR) is 98.5 cm³/mol. The van der Waals surface area contributed by atoms with E-state index < -0.39 is 47.4 Å². The molecule has 1 aliphatic heterocycles. The Morgan fingerprint density at radius 1 is 1.28 bits per heavy atom. The van der Waals surface area contributed by atoms with Crippen molar-refractivity contribution in [3.8, 4) is 5.75 Å². The third-order valence-corrected chi connectivity index (χ3v) is 5.48. The number of halogens is 3. The normalized spacial score (nSPS) is 16.1. The molecule has 6 nitrogen and oxygen atoms in total. The molecule has 2 heterocycles. The third-order valence-electron chi connectivity index (χ3n) is 4.43. The number of carboxylic acid groups (broad SMARTS) is 1. The predicted octanol–water partition coefficient (Wildman–Crippen LogP) is 3.79. The van der Waals surface area contributed by atoms with Crippen LogP contribution in [0.2, 0.25) is 0 Å². The van der Waals surface area contributed by atoms with Gasteiger partial charge in [0.1, 0.15) is 22.1 Å². The smallest absolute Gasteiger partial charge is 0.307 e. The van der Waals surface area contributed by atoms with Crippen molar-refractivity contribution in [2.45, 2.75) is 26.0 Å². The van der Waals surface area contributed by atoms with Crippen LogP contribution in [0.1, 0.15) is 17.0 Å². The Kier molecular flexibility index (Phi) is 4.65. The highest BCUT2D eigenvalue weighted by Crippen LogP contribution is 2.38. The van der Waals surface area contributed by atoms with E-state index in [0.717, 1.165) is 16.9 Å². The quantitative estimate of drug-likeness (QED) is 0.647. The number of aliphatic carboxylic acids is 1. The van der Waals surface area contributed by atoms with Crippen LogP contribution in [0, 0.1) is 24.4 Å². The summed E-state index contributed by atoms with van der Waals surface area (Å²) in [5.74, 6) is -5.08. The second-order valence-electron chi connectivity index (χ2n) is 6.54. The molecule has 1 aliphatic rings.